The van der Waals surface area contributed by atoms with Crippen molar-refractivity contribution in [3.63, 3.8) is 0 Å². The Kier molecular flexibility index (Phi) is 3.73. The number of esters is 1. The fourth-order valence-electron chi connectivity index (χ4n) is 2.44. The third-order valence-corrected chi connectivity index (χ3v) is 4.81. The first-order valence-electron chi connectivity index (χ1n) is 6.93. The molecule has 0 atom stereocenters. The third-order valence-electron chi connectivity index (χ3n) is 3.68. The van der Waals surface area contributed by atoms with Gasteiger partial charge in [0.15, 0.2) is 9.84 Å². The number of hydrogen-bond acceptors (Lipinski definition) is 6. The van der Waals surface area contributed by atoms with Gasteiger partial charge in [0.2, 0.25) is 0 Å². The summed E-state index contributed by atoms with van der Waals surface area (Å²) < 4.78 is 27.7. The first kappa shape index (κ1) is 15.4. The molecule has 1 N–H and O–H groups in total. The molecular weight excluding hydrogens is 316 g/mol. The zero-order chi connectivity index (χ0) is 16.6. The van der Waals surface area contributed by atoms with Crippen LogP contribution in [-0.2, 0) is 19.4 Å². The molecule has 6 nitrogen and oxygen atoms in total. The Labute approximate surface area is 134 Å². The Hall–Kier alpha value is -2.54. The number of methoxy groups -OCH3 is 1. The van der Waals surface area contributed by atoms with E-state index in [0.717, 1.165) is 17.1 Å². The summed E-state index contributed by atoms with van der Waals surface area (Å²) >= 11 is 0. The average Bonchev–Trinajstić information content (AvgIpc) is 2.96. The zero-order valence-corrected chi connectivity index (χ0v) is 13.6. The van der Waals surface area contributed by atoms with Crippen LogP contribution in [-0.4, -0.2) is 39.2 Å². The van der Waals surface area contributed by atoms with Crippen LogP contribution in [0.1, 0.15) is 5.56 Å². The normalized spacial score (nSPS) is 16.8. The van der Waals surface area contributed by atoms with E-state index < -0.39 is 9.84 Å². The highest BCUT2D eigenvalue weighted by atomic mass is 32.2. The van der Waals surface area contributed by atoms with Crippen molar-refractivity contribution in [3.8, 4) is 0 Å². The van der Waals surface area contributed by atoms with Crippen LogP contribution in [0.3, 0.4) is 0 Å². The van der Waals surface area contributed by atoms with E-state index in [1.807, 2.05) is 17.2 Å². The van der Waals surface area contributed by atoms with Gasteiger partial charge in [-0.15, -0.1) is 0 Å². The zero-order valence-electron chi connectivity index (χ0n) is 12.7. The molecule has 7 heteroatoms. The second-order valence-electron chi connectivity index (χ2n) is 5.33. The number of carbonyl (C=O) groups is 1. The predicted octanol–water partition coefficient (Wildman–Crippen LogP) is 1.25. The molecule has 0 saturated carbocycles. The molecule has 0 unspecified atom stereocenters. The Bertz CT molecular complexity index is 849. The minimum absolute atomic E-state index is 0.284. The minimum Gasteiger partial charge on any atom is -0.466 e. The maximum absolute atomic E-state index is 11.6. The van der Waals surface area contributed by atoms with Crippen LogP contribution in [0.15, 0.2) is 58.9 Å². The standard InChI is InChI=1S/C16H16N2O4S/c1-22-16(19)12-5-8-15-17-14(10-18(15)9-12)11-3-6-13(7-4-11)23(2,20)21/h3-8,10,17H,9H2,1-2H3. The van der Waals surface area contributed by atoms with Crippen molar-refractivity contribution < 1.29 is 17.9 Å². The van der Waals surface area contributed by atoms with Gasteiger partial charge in [0.25, 0.3) is 0 Å². The van der Waals surface area contributed by atoms with Crippen molar-refractivity contribution >= 4 is 21.5 Å². The lowest BCUT2D eigenvalue weighted by Gasteiger charge is -2.21. The fraction of sp³-hybridized carbons (Fsp3) is 0.188. The van der Waals surface area contributed by atoms with Crippen LogP contribution >= 0.6 is 0 Å². The first-order chi connectivity index (χ1) is 10.9. The van der Waals surface area contributed by atoms with Gasteiger partial charge in [-0.2, -0.15) is 0 Å². The highest BCUT2D eigenvalue weighted by Gasteiger charge is 2.24. The van der Waals surface area contributed by atoms with Crippen molar-refractivity contribution in [2.24, 2.45) is 0 Å². The third kappa shape index (κ3) is 3.00. The molecule has 0 spiro atoms. The molecule has 1 aromatic carbocycles. The number of rotatable bonds is 3. The number of nitrogens with zero attached hydrogens (tertiary/aromatic N) is 1. The van der Waals surface area contributed by atoms with Crippen LogP contribution < -0.4 is 5.32 Å². The van der Waals surface area contributed by atoms with Gasteiger partial charge in [0.1, 0.15) is 5.82 Å². The summed E-state index contributed by atoms with van der Waals surface area (Å²) in [6, 6.07) is 6.67. The largest absolute Gasteiger partial charge is 0.466 e. The quantitative estimate of drug-likeness (QED) is 0.840. The summed E-state index contributed by atoms with van der Waals surface area (Å²) in [5, 5.41) is 3.25. The van der Waals surface area contributed by atoms with E-state index >= 15 is 0 Å². The minimum atomic E-state index is -3.21. The summed E-state index contributed by atoms with van der Waals surface area (Å²) in [5.41, 5.74) is 2.28. The maximum Gasteiger partial charge on any atom is 0.335 e. The van der Waals surface area contributed by atoms with Crippen molar-refractivity contribution in [1.82, 2.24) is 10.2 Å². The summed E-state index contributed by atoms with van der Waals surface area (Å²) in [6.45, 7) is 0.427. The number of allylic oxidation sites excluding steroid dienone is 2. The highest BCUT2D eigenvalue weighted by molar-refractivity contribution is 7.90. The van der Waals surface area contributed by atoms with Gasteiger partial charge in [-0.25, -0.2) is 13.2 Å². The molecule has 0 amide bonds. The van der Waals surface area contributed by atoms with Crippen LogP contribution in [0.2, 0.25) is 0 Å². The van der Waals surface area contributed by atoms with Gasteiger partial charge in [-0.05, 0) is 29.8 Å². The van der Waals surface area contributed by atoms with Crippen molar-refractivity contribution in [3.05, 3.63) is 59.6 Å². The average molecular weight is 332 g/mol. The van der Waals surface area contributed by atoms with Gasteiger partial charge in [-0.3, -0.25) is 0 Å². The Morgan fingerprint density at radius 3 is 2.52 bits per heavy atom. The monoisotopic (exact) mass is 332 g/mol. The van der Waals surface area contributed by atoms with Crippen molar-refractivity contribution in [1.29, 1.82) is 0 Å². The highest BCUT2D eigenvalue weighted by Crippen LogP contribution is 2.26. The summed E-state index contributed by atoms with van der Waals surface area (Å²) in [5.74, 6) is 0.513. The molecule has 23 heavy (non-hydrogen) atoms. The molecular formula is C16H16N2O4S. The first-order valence-corrected chi connectivity index (χ1v) is 8.83. The lowest BCUT2D eigenvalue weighted by molar-refractivity contribution is -0.136. The second-order valence-corrected chi connectivity index (χ2v) is 7.34. The summed E-state index contributed by atoms with van der Waals surface area (Å²) in [7, 11) is -1.85. The van der Waals surface area contributed by atoms with Crippen LogP contribution in [0.25, 0.3) is 5.70 Å². The smallest absolute Gasteiger partial charge is 0.335 e. The fourth-order valence-corrected chi connectivity index (χ4v) is 3.07. The molecule has 0 aliphatic carbocycles. The van der Waals surface area contributed by atoms with E-state index in [0.29, 0.717) is 12.1 Å². The van der Waals surface area contributed by atoms with E-state index in [-0.39, 0.29) is 10.9 Å². The predicted molar refractivity (Wildman–Crippen MR) is 85.6 cm³/mol. The number of sulfone groups is 1. The van der Waals surface area contributed by atoms with Gasteiger partial charge in [-0.1, -0.05) is 12.1 Å². The number of ether oxygens (including phenoxy) is 1. The lowest BCUT2D eigenvalue weighted by atomic mass is 10.2. The molecule has 0 bridgehead atoms. The molecule has 2 aliphatic heterocycles. The topological polar surface area (TPSA) is 75.7 Å². The molecule has 2 aliphatic rings. The molecule has 0 saturated heterocycles. The van der Waals surface area contributed by atoms with Gasteiger partial charge < -0.3 is 15.0 Å². The molecule has 120 valence electrons. The van der Waals surface area contributed by atoms with E-state index in [1.54, 1.807) is 30.3 Å². The Morgan fingerprint density at radius 2 is 1.91 bits per heavy atom. The summed E-state index contributed by atoms with van der Waals surface area (Å²) in [4.78, 5) is 13.8. The molecule has 0 radical (unpaired) electrons. The van der Waals surface area contributed by atoms with E-state index in [9.17, 15) is 13.2 Å². The van der Waals surface area contributed by atoms with Gasteiger partial charge in [0, 0.05) is 12.5 Å². The van der Waals surface area contributed by atoms with E-state index in [2.05, 4.69) is 5.32 Å². The maximum atomic E-state index is 11.6. The number of nitrogens with one attached hydrogen (secondary N) is 1. The van der Waals surface area contributed by atoms with E-state index in [1.165, 1.54) is 13.4 Å². The van der Waals surface area contributed by atoms with Gasteiger partial charge >= 0.3 is 5.97 Å². The molecule has 3 rings (SSSR count). The molecule has 2 heterocycles. The number of fused-ring (bicyclic) bond motifs is 1. The van der Waals surface area contributed by atoms with E-state index in [4.69, 9.17) is 4.74 Å². The number of benzene rings is 1. The van der Waals surface area contributed by atoms with Crippen molar-refractivity contribution in [2.45, 2.75) is 4.90 Å². The molecule has 0 aromatic heterocycles. The van der Waals surface area contributed by atoms with Crippen molar-refractivity contribution in [2.75, 3.05) is 19.9 Å². The van der Waals surface area contributed by atoms with Crippen LogP contribution in [0, 0.1) is 0 Å². The summed E-state index contributed by atoms with van der Waals surface area (Å²) in [6.07, 6.45) is 6.61. The Balaban J connectivity index is 1.82. The SMILES string of the molecule is COC(=O)C1=CC=C2NC(c3ccc(S(C)(=O)=O)cc3)=CN2C1. The Morgan fingerprint density at radius 1 is 1.22 bits per heavy atom. The second kappa shape index (κ2) is 5.58. The molecule has 0 fully saturated rings. The number of carbonyl (C=O) groups excluding carboxylic acids is 1. The van der Waals surface area contributed by atoms with Gasteiger partial charge in [0.05, 0.1) is 29.8 Å². The number of hydrogen-bond donors (Lipinski definition) is 1. The van der Waals surface area contributed by atoms with Crippen LogP contribution in [0.5, 0.6) is 0 Å². The molecule has 1 aromatic rings. The van der Waals surface area contributed by atoms with Crippen LogP contribution in [0.4, 0.5) is 0 Å². The lowest BCUT2D eigenvalue weighted by Crippen LogP contribution is -2.27.